The molecule has 0 bridgehead atoms. The van der Waals surface area contributed by atoms with E-state index in [-0.39, 0.29) is 6.42 Å². The van der Waals surface area contributed by atoms with Crippen LogP contribution >= 0.6 is 0 Å². The van der Waals surface area contributed by atoms with E-state index in [1.807, 2.05) is 32.0 Å². The minimum Gasteiger partial charge on any atom is -0.494 e. The molecule has 2 atom stereocenters. The van der Waals surface area contributed by atoms with Crippen LogP contribution in [0.2, 0.25) is 0 Å². The maximum atomic E-state index is 10.6. The van der Waals surface area contributed by atoms with Gasteiger partial charge in [0.15, 0.2) is 0 Å². The number of aliphatic carboxylic acids is 1. The molecule has 1 rings (SSSR count). The van der Waals surface area contributed by atoms with E-state index in [4.69, 9.17) is 21.3 Å². The largest absolute Gasteiger partial charge is 0.494 e. The normalized spacial score (nSPS) is 14.0. The second-order valence-corrected chi connectivity index (χ2v) is 4.25. The second kappa shape index (κ2) is 6.37. The molecule has 1 aromatic carbocycles. The molecule has 5 heteroatoms. The van der Waals surface area contributed by atoms with Gasteiger partial charge < -0.3 is 21.3 Å². The summed E-state index contributed by atoms with van der Waals surface area (Å²) < 4.78 is 5.43. The Kier molecular flexibility index (Phi) is 5.12. The van der Waals surface area contributed by atoms with Crippen molar-refractivity contribution in [2.45, 2.75) is 32.4 Å². The molecule has 0 aliphatic rings. The topological polar surface area (TPSA) is 98.6 Å². The number of nitrogens with two attached hydrogens (primary N) is 2. The molecule has 0 heterocycles. The molecular formula is C13H20N2O3. The first-order valence-corrected chi connectivity index (χ1v) is 5.92. The molecule has 18 heavy (non-hydrogen) atoms. The van der Waals surface area contributed by atoms with Gasteiger partial charge in [-0.25, -0.2) is 0 Å². The Labute approximate surface area is 107 Å². The number of benzene rings is 1. The van der Waals surface area contributed by atoms with E-state index in [9.17, 15) is 4.79 Å². The Morgan fingerprint density at radius 3 is 2.61 bits per heavy atom. The zero-order valence-electron chi connectivity index (χ0n) is 10.7. The summed E-state index contributed by atoms with van der Waals surface area (Å²) in [5.74, 6) is -0.138. The van der Waals surface area contributed by atoms with Crippen LogP contribution in [0.1, 0.15) is 30.5 Å². The van der Waals surface area contributed by atoms with Crippen LogP contribution in [0.25, 0.3) is 0 Å². The van der Waals surface area contributed by atoms with Crippen LogP contribution in [0.3, 0.4) is 0 Å². The van der Waals surface area contributed by atoms with Crippen LogP contribution in [0.4, 0.5) is 0 Å². The molecule has 5 N–H and O–H groups in total. The predicted octanol–water partition coefficient (Wildman–Crippen LogP) is 1.20. The number of carbonyl (C=O) groups is 1. The monoisotopic (exact) mass is 252 g/mol. The zero-order valence-corrected chi connectivity index (χ0v) is 10.7. The summed E-state index contributed by atoms with van der Waals surface area (Å²) >= 11 is 0. The van der Waals surface area contributed by atoms with Crippen LogP contribution in [0.15, 0.2) is 18.2 Å². The summed E-state index contributed by atoms with van der Waals surface area (Å²) in [5.41, 5.74) is 13.5. The summed E-state index contributed by atoms with van der Waals surface area (Å²) in [5, 5.41) is 8.69. The second-order valence-electron chi connectivity index (χ2n) is 4.25. The Morgan fingerprint density at radius 1 is 1.44 bits per heavy atom. The fraction of sp³-hybridized carbons (Fsp3) is 0.462. The highest BCUT2D eigenvalue weighted by Crippen LogP contribution is 2.23. The third kappa shape index (κ3) is 3.72. The Bertz CT molecular complexity index is 421. The number of hydrogen-bond donors (Lipinski definition) is 3. The highest BCUT2D eigenvalue weighted by molar-refractivity contribution is 5.67. The molecule has 0 amide bonds. The maximum Gasteiger partial charge on any atom is 0.304 e. The van der Waals surface area contributed by atoms with E-state index >= 15 is 0 Å². The van der Waals surface area contributed by atoms with Gasteiger partial charge in [-0.05, 0) is 31.0 Å². The minimum absolute atomic E-state index is 0.145. The quantitative estimate of drug-likeness (QED) is 0.706. The van der Waals surface area contributed by atoms with Crippen molar-refractivity contribution in [3.63, 3.8) is 0 Å². The smallest absolute Gasteiger partial charge is 0.304 e. The summed E-state index contributed by atoms with van der Waals surface area (Å²) in [4.78, 5) is 10.6. The van der Waals surface area contributed by atoms with Crippen LogP contribution in [-0.4, -0.2) is 23.7 Å². The molecule has 0 aliphatic heterocycles. The number of carboxylic acids is 1. The number of carboxylic acid groups (broad SMARTS) is 1. The zero-order chi connectivity index (χ0) is 13.7. The minimum atomic E-state index is -0.944. The first-order chi connectivity index (χ1) is 8.45. The molecule has 0 aromatic heterocycles. The van der Waals surface area contributed by atoms with Crippen molar-refractivity contribution in [1.82, 2.24) is 0 Å². The lowest BCUT2D eigenvalue weighted by Crippen LogP contribution is -2.36. The van der Waals surface area contributed by atoms with E-state index in [0.717, 1.165) is 16.9 Å². The van der Waals surface area contributed by atoms with Crippen LogP contribution in [-0.2, 0) is 4.79 Å². The summed E-state index contributed by atoms with van der Waals surface area (Å²) in [6.45, 7) is 4.44. The molecule has 0 spiro atoms. The van der Waals surface area contributed by atoms with Crippen molar-refractivity contribution in [2.75, 3.05) is 6.61 Å². The van der Waals surface area contributed by atoms with Crippen molar-refractivity contribution in [2.24, 2.45) is 11.5 Å². The number of ether oxygens (including phenoxy) is 1. The lowest BCUT2D eigenvalue weighted by atomic mass is 9.97. The van der Waals surface area contributed by atoms with E-state index in [0.29, 0.717) is 6.61 Å². The number of hydrogen-bond acceptors (Lipinski definition) is 4. The molecule has 1 aromatic rings. The van der Waals surface area contributed by atoms with E-state index in [1.54, 1.807) is 0 Å². The van der Waals surface area contributed by atoms with Crippen molar-refractivity contribution < 1.29 is 14.6 Å². The molecule has 0 saturated carbocycles. The standard InChI is InChI=1S/C13H20N2O3/c1-3-18-11-5-4-9(6-8(11)2)13(15)10(14)7-12(16)17/h4-6,10,13H,3,7,14-15H2,1-2H3,(H,16,17). The van der Waals surface area contributed by atoms with Gasteiger partial charge in [-0.1, -0.05) is 12.1 Å². The highest BCUT2D eigenvalue weighted by atomic mass is 16.5. The van der Waals surface area contributed by atoms with Crippen molar-refractivity contribution >= 4 is 5.97 Å². The summed E-state index contributed by atoms with van der Waals surface area (Å²) in [7, 11) is 0. The van der Waals surface area contributed by atoms with E-state index in [2.05, 4.69) is 0 Å². The van der Waals surface area contributed by atoms with Gasteiger partial charge in [-0.15, -0.1) is 0 Å². The number of rotatable bonds is 6. The van der Waals surface area contributed by atoms with E-state index in [1.165, 1.54) is 0 Å². The molecular weight excluding hydrogens is 232 g/mol. The number of aryl methyl sites for hydroxylation is 1. The van der Waals surface area contributed by atoms with Gasteiger partial charge in [0.1, 0.15) is 5.75 Å². The van der Waals surface area contributed by atoms with Crippen LogP contribution in [0, 0.1) is 6.92 Å². The molecule has 2 unspecified atom stereocenters. The van der Waals surface area contributed by atoms with Gasteiger partial charge >= 0.3 is 5.97 Å². The van der Waals surface area contributed by atoms with Gasteiger partial charge in [0.05, 0.1) is 13.0 Å². The molecule has 0 aliphatic carbocycles. The third-order valence-corrected chi connectivity index (χ3v) is 2.76. The molecule has 0 fully saturated rings. The van der Waals surface area contributed by atoms with Gasteiger partial charge in [-0.2, -0.15) is 0 Å². The fourth-order valence-electron chi connectivity index (χ4n) is 1.77. The van der Waals surface area contributed by atoms with E-state index < -0.39 is 18.1 Å². The maximum absolute atomic E-state index is 10.6. The Balaban J connectivity index is 2.83. The summed E-state index contributed by atoms with van der Waals surface area (Å²) in [6.07, 6.45) is -0.145. The van der Waals surface area contributed by atoms with Gasteiger partial charge in [0.25, 0.3) is 0 Å². The SMILES string of the molecule is CCOc1ccc(C(N)C(N)CC(=O)O)cc1C. The summed E-state index contributed by atoms with van der Waals surface area (Å²) in [6, 6.07) is 4.46. The van der Waals surface area contributed by atoms with Gasteiger partial charge in [0, 0.05) is 12.1 Å². The third-order valence-electron chi connectivity index (χ3n) is 2.76. The van der Waals surface area contributed by atoms with Crippen molar-refractivity contribution in [1.29, 1.82) is 0 Å². The first-order valence-electron chi connectivity index (χ1n) is 5.92. The molecule has 0 radical (unpaired) electrons. The Hall–Kier alpha value is -1.59. The lowest BCUT2D eigenvalue weighted by Gasteiger charge is -2.19. The average Bonchev–Trinajstić information content (AvgIpc) is 2.30. The first kappa shape index (κ1) is 14.5. The predicted molar refractivity (Wildman–Crippen MR) is 69.5 cm³/mol. The van der Waals surface area contributed by atoms with Crippen LogP contribution in [0.5, 0.6) is 5.75 Å². The molecule has 100 valence electrons. The lowest BCUT2D eigenvalue weighted by molar-refractivity contribution is -0.137. The average molecular weight is 252 g/mol. The van der Waals surface area contributed by atoms with Gasteiger partial charge in [0.2, 0.25) is 0 Å². The fourth-order valence-corrected chi connectivity index (χ4v) is 1.77. The molecule has 5 nitrogen and oxygen atoms in total. The van der Waals surface area contributed by atoms with Gasteiger partial charge in [-0.3, -0.25) is 4.79 Å². The van der Waals surface area contributed by atoms with Crippen molar-refractivity contribution in [3.8, 4) is 5.75 Å². The van der Waals surface area contributed by atoms with Crippen LogP contribution < -0.4 is 16.2 Å². The highest BCUT2D eigenvalue weighted by Gasteiger charge is 2.18. The van der Waals surface area contributed by atoms with Crippen molar-refractivity contribution in [3.05, 3.63) is 29.3 Å². The molecule has 0 saturated heterocycles. The Morgan fingerprint density at radius 2 is 2.11 bits per heavy atom.